The van der Waals surface area contributed by atoms with Gasteiger partial charge in [0.15, 0.2) is 0 Å². The van der Waals surface area contributed by atoms with E-state index in [1.807, 2.05) is 0 Å². The van der Waals surface area contributed by atoms with E-state index in [4.69, 9.17) is 0 Å². The van der Waals surface area contributed by atoms with E-state index >= 15 is 0 Å². The van der Waals surface area contributed by atoms with Crippen LogP contribution in [0.1, 0.15) is 5.56 Å². The zero-order valence-electron chi connectivity index (χ0n) is 11.3. The molecule has 0 heterocycles. The Labute approximate surface area is 128 Å². The Morgan fingerprint density at radius 2 is 0.900 bits per heavy atom. The van der Waals surface area contributed by atoms with Crippen molar-refractivity contribution in [2.75, 3.05) is 0 Å². The number of rotatable bonds is 4. The normalized spacial score (nSPS) is 10.7. The maximum atomic E-state index is 2.31. The molecule has 0 aliphatic heterocycles. The molecule has 0 nitrogen and oxygen atoms in total. The van der Waals surface area contributed by atoms with Gasteiger partial charge in [-0.25, -0.2) is 0 Å². The summed E-state index contributed by atoms with van der Waals surface area (Å²) in [7, 11) is 0. The average Bonchev–Trinajstić information content (AvgIpc) is 2.55. The van der Waals surface area contributed by atoms with Crippen LogP contribution in [-0.2, 0) is 4.13 Å². The summed E-state index contributed by atoms with van der Waals surface area (Å²) in [4.78, 5) is 0. The van der Waals surface area contributed by atoms with Gasteiger partial charge in [0.05, 0.1) is 0 Å². The summed E-state index contributed by atoms with van der Waals surface area (Å²) in [6.07, 6.45) is 0. The third-order valence-corrected chi connectivity index (χ3v) is 13.1. The Hall–Kier alpha value is -1.46. The molecule has 0 amide bonds. The molecule has 98 valence electrons. The molecule has 0 fully saturated rings. The van der Waals surface area contributed by atoms with Crippen molar-refractivity contribution in [1.29, 1.82) is 0 Å². The van der Waals surface area contributed by atoms with Crippen molar-refractivity contribution in [2.45, 2.75) is 4.13 Å². The molecule has 0 atom stereocenters. The second-order valence-electron chi connectivity index (χ2n) is 4.74. The molecule has 20 heavy (non-hydrogen) atoms. The Morgan fingerprint density at radius 1 is 0.500 bits per heavy atom. The molecule has 3 aromatic carbocycles. The van der Waals surface area contributed by atoms with Gasteiger partial charge in [0, 0.05) is 0 Å². The molecule has 0 saturated heterocycles. The van der Waals surface area contributed by atoms with E-state index in [-0.39, 0.29) is 0 Å². The minimum atomic E-state index is -1.92. The van der Waals surface area contributed by atoms with Crippen molar-refractivity contribution in [2.24, 2.45) is 0 Å². The van der Waals surface area contributed by atoms with E-state index in [9.17, 15) is 0 Å². The second-order valence-corrected chi connectivity index (χ2v) is 13.3. The fourth-order valence-corrected chi connectivity index (χ4v) is 11.3. The molecule has 0 aliphatic rings. The Bertz CT molecular complexity index is 593. The van der Waals surface area contributed by atoms with Crippen LogP contribution in [0.25, 0.3) is 0 Å². The number of hydrogen-bond donors (Lipinski definition) is 0. The van der Waals surface area contributed by atoms with Gasteiger partial charge in [-0.3, -0.25) is 0 Å². The van der Waals surface area contributed by atoms with Crippen LogP contribution < -0.4 is 6.54 Å². The molecular formula is C19H17Bi. The van der Waals surface area contributed by atoms with Crippen LogP contribution in [0.4, 0.5) is 0 Å². The van der Waals surface area contributed by atoms with Crippen molar-refractivity contribution in [3.8, 4) is 0 Å². The van der Waals surface area contributed by atoms with Crippen LogP contribution in [0, 0.1) is 0 Å². The molecule has 0 saturated carbocycles. The average molecular weight is 454 g/mol. The van der Waals surface area contributed by atoms with Crippen LogP contribution in [0.3, 0.4) is 0 Å². The molecule has 0 radical (unpaired) electrons. The number of hydrogen-bond acceptors (Lipinski definition) is 0. The van der Waals surface area contributed by atoms with Crippen molar-refractivity contribution in [1.82, 2.24) is 0 Å². The minimum absolute atomic E-state index is 1.24. The van der Waals surface area contributed by atoms with Gasteiger partial charge < -0.3 is 0 Å². The van der Waals surface area contributed by atoms with E-state index in [0.717, 1.165) is 0 Å². The molecule has 0 unspecified atom stereocenters. The molecule has 3 rings (SSSR count). The van der Waals surface area contributed by atoms with Gasteiger partial charge in [-0.05, 0) is 0 Å². The Balaban J connectivity index is 1.96. The first kappa shape index (κ1) is 13.5. The van der Waals surface area contributed by atoms with Crippen molar-refractivity contribution in [3.05, 3.63) is 96.6 Å². The van der Waals surface area contributed by atoms with Crippen LogP contribution >= 0.6 is 0 Å². The summed E-state index contributed by atoms with van der Waals surface area (Å²) in [5.74, 6) is 0. The topological polar surface area (TPSA) is 0 Å². The molecule has 0 bridgehead atoms. The first-order valence-electron chi connectivity index (χ1n) is 6.85. The molecule has 1 heteroatoms. The van der Waals surface area contributed by atoms with Gasteiger partial charge in [-0.2, -0.15) is 0 Å². The van der Waals surface area contributed by atoms with E-state index in [1.54, 1.807) is 6.54 Å². The zero-order chi connectivity index (χ0) is 13.6. The predicted octanol–water partition coefficient (Wildman–Crippen LogP) is 3.08. The summed E-state index contributed by atoms with van der Waals surface area (Å²) < 4.78 is 4.40. The summed E-state index contributed by atoms with van der Waals surface area (Å²) in [5, 5.41) is 0. The van der Waals surface area contributed by atoms with E-state index in [0.29, 0.717) is 0 Å². The molecule has 0 N–H and O–H groups in total. The van der Waals surface area contributed by atoms with Gasteiger partial charge in [-0.1, -0.05) is 0 Å². The van der Waals surface area contributed by atoms with Crippen LogP contribution in [-0.4, -0.2) is 21.8 Å². The summed E-state index contributed by atoms with van der Waals surface area (Å²) in [6, 6.07) is 33.1. The van der Waals surface area contributed by atoms with E-state index in [1.165, 1.54) is 9.69 Å². The molecule has 0 spiro atoms. The van der Waals surface area contributed by atoms with Crippen molar-refractivity contribution in [3.63, 3.8) is 0 Å². The SMILES string of the molecule is c1ccc([CH2][Bi]([c]2ccccc2)[c]2ccccc2)cc1. The first-order chi connectivity index (χ1) is 9.93. The van der Waals surface area contributed by atoms with Crippen LogP contribution in [0.15, 0.2) is 91.0 Å². The predicted molar refractivity (Wildman–Crippen MR) is 88.1 cm³/mol. The van der Waals surface area contributed by atoms with Gasteiger partial charge in [0.2, 0.25) is 0 Å². The van der Waals surface area contributed by atoms with Crippen LogP contribution in [0.2, 0.25) is 0 Å². The standard InChI is InChI=1S/C7H7.2C6H5.Bi/c1-7-5-3-2-4-6-7;2*1-2-4-6-5-3-1;/h2-6H,1H2;2*1-5H;. The maximum absolute atomic E-state index is 2.31. The first-order valence-corrected chi connectivity index (χ1v) is 12.8. The van der Waals surface area contributed by atoms with Gasteiger partial charge >= 0.3 is 129 Å². The fraction of sp³-hybridized carbons (Fsp3) is 0.0526. The van der Waals surface area contributed by atoms with E-state index < -0.39 is 21.8 Å². The van der Waals surface area contributed by atoms with Gasteiger partial charge in [0.1, 0.15) is 0 Å². The molecule has 0 aliphatic carbocycles. The van der Waals surface area contributed by atoms with E-state index in [2.05, 4.69) is 91.0 Å². The third kappa shape index (κ3) is 3.35. The Kier molecular flexibility index (Phi) is 4.61. The third-order valence-electron chi connectivity index (χ3n) is 3.32. The monoisotopic (exact) mass is 454 g/mol. The molecule has 3 aromatic rings. The fourth-order valence-electron chi connectivity index (χ4n) is 2.31. The summed E-state index contributed by atoms with van der Waals surface area (Å²) in [5.41, 5.74) is 1.47. The van der Waals surface area contributed by atoms with Crippen molar-refractivity contribution < 1.29 is 0 Å². The number of benzene rings is 3. The second kappa shape index (κ2) is 6.81. The quantitative estimate of drug-likeness (QED) is 0.532. The zero-order valence-corrected chi connectivity index (χ0v) is 14.8. The molecular weight excluding hydrogens is 437 g/mol. The van der Waals surface area contributed by atoms with Crippen molar-refractivity contribution >= 4 is 28.3 Å². The summed E-state index contributed by atoms with van der Waals surface area (Å²) >= 11 is -1.92. The molecule has 0 aromatic heterocycles. The van der Waals surface area contributed by atoms with Gasteiger partial charge in [-0.15, -0.1) is 0 Å². The van der Waals surface area contributed by atoms with Crippen LogP contribution in [0.5, 0.6) is 0 Å². The summed E-state index contributed by atoms with van der Waals surface area (Å²) in [6.45, 7) is 0. The Morgan fingerprint density at radius 3 is 1.35 bits per heavy atom. The van der Waals surface area contributed by atoms with Gasteiger partial charge in [0.25, 0.3) is 0 Å².